The van der Waals surface area contributed by atoms with Gasteiger partial charge in [-0.3, -0.25) is 0 Å². The largest absolute Gasteiger partial charge is 0.508 e. The first-order valence-corrected chi connectivity index (χ1v) is 8.22. The molecule has 6 heteroatoms. The van der Waals surface area contributed by atoms with Crippen LogP contribution in [-0.4, -0.2) is 16.1 Å². The van der Waals surface area contributed by atoms with Gasteiger partial charge in [0.25, 0.3) is 0 Å². The molecule has 3 rings (SSSR count). The van der Waals surface area contributed by atoms with Crippen molar-refractivity contribution in [2.75, 3.05) is 5.32 Å². The number of aromatic nitrogens is 1. The molecule has 0 aliphatic rings. The predicted molar refractivity (Wildman–Crippen MR) is 93.8 cm³/mol. The van der Waals surface area contributed by atoms with E-state index >= 15 is 0 Å². The molecule has 0 amide bonds. The number of phenolic OH excluding ortho intramolecular Hbond substituents is 1. The average Bonchev–Trinajstić information content (AvgIpc) is 3.02. The van der Waals surface area contributed by atoms with Gasteiger partial charge in [0.05, 0.1) is 11.3 Å². The lowest BCUT2D eigenvalue weighted by molar-refractivity contribution is 0.0468. The first-order chi connectivity index (χ1) is 11.6. The van der Waals surface area contributed by atoms with E-state index in [0.29, 0.717) is 11.3 Å². The Labute approximate surface area is 143 Å². The molecule has 0 aliphatic carbocycles. The second-order valence-electron chi connectivity index (χ2n) is 5.26. The third-order valence-corrected chi connectivity index (χ3v) is 4.09. The molecule has 2 N–H and O–H groups in total. The molecule has 0 saturated carbocycles. The van der Waals surface area contributed by atoms with Crippen molar-refractivity contribution in [1.29, 1.82) is 0 Å². The van der Waals surface area contributed by atoms with E-state index in [1.54, 1.807) is 12.1 Å². The molecule has 0 atom stereocenters. The lowest BCUT2D eigenvalue weighted by Crippen LogP contribution is -2.05. The Morgan fingerprint density at radius 2 is 2.04 bits per heavy atom. The van der Waals surface area contributed by atoms with Crippen LogP contribution in [0.4, 0.5) is 10.8 Å². The van der Waals surface area contributed by atoms with Crippen LogP contribution in [0, 0.1) is 6.92 Å². The Bertz CT molecular complexity index is 843. The Balaban J connectivity index is 1.58. The molecule has 0 unspecified atom stereocenters. The number of aromatic hydroxyl groups is 1. The number of nitrogens with zero attached hydrogens (tertiary/aromatic N) is 1. The maximum atomic E-state index is 11.9. The number of nitrogens with one attached hydrogen (secondary N) is 1. The predicted octanol–water partition coefficient (Wildman–Crippen LogP) is 4.26. The van der Waals surface area contributed by atoms with E-state index < -0.39 is 5.97 Å². The third kappa shape index (κ3) is 4.11. The summed E-state index contributed by atoms with van der Waals surface area (Å²) in [7, 11) is 0. The highest BCUT2D eigenvalue weighted by Crippen LogP contribution is 2.22. The minimum absolute atomic E-state index is 0.0303. The normalized spacial score (nSPS) is 10.4. The highest BCUT2D eigenvalue weighted by molar-refractivity contribution is 7.13. The minimum Gasteiger partial charge on any atom is -0.508 e. The third-order valence-electron chi connectivity index (χ3n) is 3.29. The molecule has 1 heterocycles. The van der Waals surface area contributed by atoms with Crippen LogP contribution in [0.1, 0.15) is 21.6 Å². The molecule has 0 aliphatic heterocycles. The van der Waals surface area contributed by atoms with E-state index in [9.17, 15) is 9.90 Å². The van der Waals surface area contributed by atoms with Crippen molar-refractivity contribution in [2.24, 2.45) is 0 Å². The molecular weight excluding hydrogens is 324 g/mol. The second-order valence-corrected chi connectivity index (χ2v) is 6.12. The summed E-state index contributed by atoms with van der Waals surface area (Å²) in [4.78, 5) is 16.3. The first kappa shape index (κ1) is 16.0. The number of benzene rings is 2. The first-order valence-electron chi connectivity index (χ1n) is 7.34. The van der Waals surface area contributed by atoms with Crippen LogP contribution in [0.3, 0.4) is 0 Å². The number of thiazole rings is 1. The number of carbonyl (C=O) groups excluding carboxylic acids is 1. The minimum atomic E-state index is -0.494. The highest BCUT2D eigenvalue weighted by atomic mass is 32.1. The SMILES string of the molecule is Cc1ccc(Nc2nc(COC(=O)c3cccc(O)c3)cs2)cc1. The van der Waals surface area contributed by atoms with Crippen molar-refractivity contribution in [1.82, 2.24) is 4.98 Å². The van der Waals surface area contributed by atoms with E-state index in [1.807, 2.05) is 36.6 Å². The molecule has 5 nitrogen and oxygen atoms in total. The second kappa shape index (κ2) is 7.14. The Morgan fingerprint density at radius 3 is 2.79 bits per heavy atom. The van der Waals surface area contributed by atoms with Crippen molar-refractivity contribution >= 4 is 28.1 Å². The van der Waals surface area contributed by atoms with Gasteiger partial charge in [0.2, 0.25) is 0 Å². The van der Waals surface area contributed by atoms with Gasteiger partial charge in [-0.25, -0.2) is 9.78 Å². The van der Waals surface area contributed by atoms with Crippen LogP contribution < -0.4 is 5.32 Å². The fourth-order valence-corrected chi connectivity index (χ4v) is 2.76. The molecule has 0 saturated heterocycles. The van der Waals surface area contributed by atoms with Crippen molar-refractivity contribution < 1.29 is 14.6 Å². The molecule has 0 spiro atoms. The summed E-state index contributed by atoms with van der Waals surface area (Å²) in [6, 6.07) is 14.1. The van der Waals surface area contributed by atoms with Crippen LogP contribution in [0.5, 0.6) is 5.75 Å². The molecule has 24 heavy (non-hydrogen) atoms. The summed E-state index contributed by atoms with van der Waals surface area (Å²) in [6.45, 7) is 2.12. The van der Waals surface area contributed by atoms with E-state index in [-0.39, 0.29) is 12.4 Å². The van der Waals surface area contributed by atoms with Crippen molar-refractivity contribution in [3.8, 4) is 5.75 Å². The number of carbonyl (C=O) groups is 1. The number of esters is 1. The van der Waals surface area contributed by atoms with Gasteiger partial charge in [-0.1, -0.05) is 23.8 Å². The molecule has 2 aromatic carbocycles. The molecular formula is C18H16N2O3S. The van der Waals surface area contributed by atoms with Crippen LogP contribution in [0.15, 0.2) is 53.9 Å². The summed E-state index contributed by atoms with van der Waals surface area (Å²) < 4.78 is 5.21. The monoisotopic (exact) mass is 340 g/mol. The standard InChI is InChI=1S/C18H16N2O3S/c1-12-5-7-14(8-6-12)19-18-20-15(11-24-18)10-23-17(22)13-3-2-4-16(21)9-13/h2-9,11,21H,10H2,1H3,(H,19,20). The average molecular weight is 340 g/mol. The lowest BCUT2D eigenvalue weighted by Gasteiger charge is -2.04. The Kier molecular flexibility index (Phi) is 4.77. The molecule has 1 aromatic heterocycles. The van der Waals surface area contributed by atoms with E-state index in [0.717, 1.165) is 10.8 Å². The van der Waals surface area contributed by atoms with Gasteiger partial charge in [-0.15, -0.1) is 11.3 Å². The van der Waals surface area contributed by atoms with Gasteiger partial charge in [0.1, 0.15) is 12.4 Å². The quantitative estimate of drug-likeness (QED) is 0.679. The zero-order chi connectivity index (χ0) is 16.9. The zero-order valence-electron chi connectivity index (χ0n) is 13.0. The van der Waals surface area contributed by atoms with Gasteiger partial charge in [-0.2, -0.15) is 0 Å². The number of aryl methyl sites for hydroxylation is 1. The van der Waals surface area contributed by atoms with Gasteiger partial charge in [0.15, 0.2) is 5.13 Å². The van der Waals surface area contributed by atoms with Crippen molar-refractivity contribution in [3.05, 3.63) is 70.7 Å². The maximum Gasteiger partial charge on any atom is 0.338 e. The van der Waals surface area contributed by atoms with Gasteiger partial charge in [-0.05, 0) is 37.3 Å². The topological polar surface area (TPSA) is 71.5 Å². The summed E-state index contributed by atoms with van der Waals surface area (Å²) in [5, 5.41) is 15.2. The van der Waals surface area contributed by atoms with E-state index in [2.05, 4.69) is 10.3 Å². The Hall–Kier alpha value is -2.86. The number of hydrogen-bond acceptors (Lipinski definition) is 6. The Morgan fingerprint density at radius 1 is 1.25 bits per heavy atom. The van der Waals surface area contributed by atoms with Gasteiger partial charge in [0, 0.05) is 11.1 Å². The fraction of sp³-hybridized carbons (Fsp3) is 0.111. The van der Waals surface area contributed by atoms with Crippen LogP contribution in [-0.2, 0) is 11.3 Å². The summed E-state index contributed by atoms with van der Waals surface area (Å²) in [6.07, 6.45) is 0. The summed E-state index contributed by atoms with van der Waals surface area (Å²) in [5.41, 5.74) is 3.13. The number of hydrogen-bond donors (Lipinski definition) is 2. The van der Waals surface area contributed by atoms with Crippen molar-refractivity contribution in [3.63, 3.8) is 0 Å². The zero-order valence-corrected chi connectivity index (χ0v) is 13.8. The molecule has 3 aromatic rings. The number of rotatable bonds is 5. The molecule has 0 bridgehead atoms. The summed E-state index contributed by atoms with van der Waals surface area (Å²) >= 11 is 1.44. The summed E-state index contributed by atoms with van der Waals surface area (Å²) in [5.74, 6) is -0.463. The molecule has 122 valence electrons. The fourth-order valence-electron chi connectivity index (χ4n) is 2.05. The number of anilines is 2. The lowest BCUT2D eigenvalue weighted by atomic mass is 10.2. The van der Waals surface area contributed by atoms with E-state index in [4.69, 9.17) is 4.74 Å². The maximum absolute atomic E-state index is 11.9. The van der Waals surface area contributed by atoms with Crippen LogP contribution >= 0.6 is 11.3 Å². The van der Waals surface area contributed by atoms with Crippen molar-refractivity contribution in [2.45, 2.75) is 13.5 Å². The smallest absolute Gasteiger partial charge is 0.338 e. The number of ether oxygens (including phenoxy) is 1. The molecule has 0 fully saturated rings. The highest BCUT2D eigenvalue weighted by Gasteiger charge is 2.10. The van der Waals surface area contributed by atoms with E-state index in [1.165, 1.54) is 29.0 Å². The number of phenols is 1. The van der Waals surface area contributed by atoms with Crippen LogP contribution in [0.25, 0.3) is 0 Å². The van der Waals surface area contributed by atoms with Gasteiger partial charge < -0.3 is 15.2 Å². The van der Waals surface area contributed by atoms with Crippen LogP contribution in [0.2, 0.25) is 0 Å². The molecule has 0 radical (unpaired) electrons. The van der Waals surface area contributed by atoms with Gasteiger partial charge >= 0.3 is 5.97 Å².